The van der Waals surface area contributed by atoms with Crippen molar-refractivity contribution in [3.8, 4) is 0 Å². The molecule has 2 fully saturated rings. The molecular weight excluding hydrogens is 418 g/mol. The summed E-state index contributed by atoms with van der Waals surface area (Å²) < 4.78 is 23.4. The number of nitrogens with zero attached hydrogens (tertiary/aromatic N) is 1. The maximum absolute atomic E-state index is 13.1. The summed E-state index contributed by atoms with van der Waals surface area (Å²) in [7, 11) is -3.42. The first-order chi connectivity index (χ1) is 14.4. The Morgan fingerprint density at radius 1 is 1.26 bits per heavy atom. The Hall–Kier alpha value is -2.42. The lowest BCUT2D eigenvalue weighted by Gasteiger charge is -2.42. The Labute approximate surface area is 183 Å². The summed E-state index contributed by atoms with van der Waals surface area (Å²) in [5, 5.41) is 5.41. The number of amides is 4. The van der Waals surface area contributed by atoms with Crippen molar-refractivity contribution in [2.45, 2.75) is 63.3 Å². The zero-order valence-electron chi connectivity index (χ0n) is 18.5. The number of carbonyl (C=O) groups excluding carboxylic acids is 3. The molecular formula is C22H31N3O5S. The second-order valence-corrected chi connectivity index (χ2v) is 11.4. The van der Waals surface area contributed by atoms with E-state index in [1.54, 1.807) is 6.07 Å². The third-order valence-electron chi connectivity index (χ3n) is 6.95. The SMILES string of the molecule is CCC(C)(C)C1CCC2(CC1)NC(=O)N(CC(=O)Nc1cccc(S(C)(=O)=O)c1)C2=O. The molecule has 2 N–H and O–H groups in total. The van der Waals surface area contributed by atoms with Gasteiger partial charge in [-0.05, 0) is 55.2 Å². The molecule has 31 heavy (non-hydrogen) atoms. The van der Waals surface area contributed by atoms with Gasteiger partial charge in [-0.15, -0.1) is 0 Å². The molecule has 0 unspecified atom stereocenters. The molecule has 9 heteroatoms. The topological polar surface area (TPSA) is 113 Å². The van der Waals surface area contributed by atoms with Crippen molar-refractivity contribution >= 4 is 33.4 Å². The predicted octanol–water partition coefficient (Wildman–Crippen LogP) is 2.95. The minimum Gasteiger partial charge on any atom is -0.324 e. The highest BCUT2D eigenvalue weighted by molar-refractivity contribution is 7.90. The van der Waals surface area contributed by atoms with Gasteiger partial charge in [0.2, 0.25) is 5.91 Å². The lowest BCUT2D eigenvalue weighted by molar-refractivity contribution is -0.135. The Morgan fingerprint density at radius 2 is 1.90 bits per heavy atom. The van der Waals surface area contributed by atoms with Crippen LogP contribution in [0.5, 0.6) is 0 Å². The molecule has 4 amide bonds. The minimum atomic E-state index is -3.42. The molecule has 0 bridgehead atoms. The number of urea groups is 1. The van der Waals surface area contributed by atoms with Gasteiger partial charge < -0.3 is 10.6 Å². The van der Waals surface area contributed by atoms with Crippen molar-refractivity contribution in [3.63, 3.8) is 0 Å². The van der Waals surface area contributed by atoms with Crippen LogP contribution in [0.25, 0.3) is 0 Å². The number of hydrogen-bond donors (Lipinski definition) is 2. The molecule has 1 spiro atoms. The molecule has 3 rings (SSSR count). The standard InChI is InChI=1S/C22H31N3O5S/c1-5-21(2,3)15-9-11-22(12-10-15)19(27)25(20(28)24-22)14-18(26)23-16-7-6-8-17(13-16)31(4,29)30/h6-8,13,15H,5,9-12,14H2,1-4H3,(H,23,26)(H,24,28). The summed E-state index contributed by atoms with van der Waals surface area (Å²) in [6, 6.07) is 5.29. The van der Waals surface area contributed by atoms with Gasteiger partial charge in [-0.1, -0.05) is 33.3 Å². The molecule has 0 aromatic heterocycles. The third-order valence-corrected chi connectivity index (χ3v) is 8.06. The van der Waals surface area contributed by atoms with Gasteiger partial charge in [0.15, 0.2) is 9.84 Å². The minimum absolute atomic E-state index is 0.0750. The van der Waals surface area contributed by atoms with Crippen LogP contribution in [0.4, 0.5) is 10.5 Å². The molecule has 8 nitrogen and oxygen atoms in total. The smallest absolute Gasteiger partial charge is 0.324 e. The molecule has 1 heterocycles. The van der Waals surface area contributed by atoms with Crippen LogP contribution in [0.3, 0.4) is 0 Å². The van der Waals surface area contributed by atoms with Gasteiger partial charge in [-0.2, -0.15) is 0 Å². The fraction of sp³-hybridized carbons (Fsp3) is 0.591. The van der Waals surface area contributed by atoms with E-state index in [1.807, 2.05) is 0 Å². The molecule has 0 atom stereocenters. The fourth-order valence-corrected chi connectivity index (χ4v) is 5.15. The number of carbonyl (C=O) groups is 3. The van der Waals surface area contributed by atoms with Crippen LogP contribution >= 0.6 is 0 Å². The zero-order chi connectivity index (χ0) is 23.0. The average Bonchev–Trinajstić information content (AvgIpc) is 2.92. The van der Waals surface area contributed by atoms with Crippen LogP contribution < -0.4 is 10.6 Å². The highest BCUT2D eigenvalue weighted by Gasteiger charge is 2.53. The zero-order valence-corrected chi connectivity index (χ0v) is 19.3. The number of nitrogens with one attached hydrogen (secondary N) is 2. The fourth-order valence-electron chi connectivity index (χ4n) is 4.49. The summed E-state index contributed by atoms with van der Waals surface area (Å²) in [5.41, 5.74) is -0.446. The van der Waals surface area contributed by atoms with E-state index in [2.05, 4.69) is 31.4 Å². The largest absolute Gasteiger partial charge is 0.325 e. The van der Waals surface area contributed by atoms with Crippen molar-refractivity contribution in [2.75, 3.05) is 18.1 Å². The first-order valence-corrected chi connectivity index (χ1v) is 12.5. The van der Waals surface area contributed by atoms with Gasteiger partial charge in [0.1, 0.15) is 12.1 Å². The van der Waals surface area contributed by atoms with E-state index < -0.39 is 33.9 Å². The van der Waals surface area contributed by atoms with E-state index in [-0.39, 0.29) is 21.9 Å². The van der Waals surface area contributed by atoms with Crippen molar-refractivity contribution in [1.29, 1.82) is 0 Å². The molecule has 1 aliphatic heterocycles. The molecule has 1 aromatic carbocycles. The number of rotatable bonds is 6. The molecule has 1 aliphatic carbocycles. The van der Waals surface area contributed by atoms with Crippen LogP contribution in [0.15, 0.2) is 29.2 Å². The van der Waals surface area contributed by atoms with E-state index in [9.17, 15) is 22.8 Å². The maximum atomic E-state index is 13.1. The van der Waals surface area contributed by atoms with Gasteiger partial charge in [-0.25, -0.2) is 13.2 Å². The molecule has 2 aliphatic rings. The van der Waals surface area contributed by atoms with E-state index in [4.69, 9.17) is 0 Å². The second kappa shape index (κ2) is 8.26. The number of sulfone groups is 1. The van der Waals surface area contributed by atoms with Crippen molar-refractivity contribution in [1.82, 2.24) is 10.2 Å². The highest BCUT2D eigenvalue weighted by atomic mass is 32.2. The van der Waals surface area contributed by atoms with Crippen molar-refractivity contribution in [2.24, 2.45) is 11.3 Å². The van der Waals surface area contributed by atoms with Gasteiger partial charge in [0.25, 0.3) is 5.91 Å². The Kier molecular flexibility index (Phi) is 6.19. The van der Waals surface area contributed by atoms with Gasteiger partial charge in [-0.3, -0.25) is 14.5 Å². The van der Waals surface area contributed by atoms with Gasteiger partial charge in [0, 0.05) is 11.9 Å². The first kappa shape index (κ1) is 23.2. The van der Waals surface area contributed by atoms with Crippen LogP contribution in [0.1, 0.15) is 52.9 Å². The number of imide groups is 1. The number of hydrogen-bond acceptors (Lipinski definition) is 5. The Bertz CT molecular complexity index is 994. The van der Waals surface area contributed by atoms with E-state index >= 15 is 0 Å². The monoisotopic (exact) mass is 449 g/mol. The number of anilines is 1. The third kappa shape index (κ3) is 4.76. The lowest BCUT2D eigenvalue weighted by atomic mass is 9.65. The summed E-state index contributed by atoms with van der Waals surface area (Å²) >= 11 is 0. The normalized spacial score (nSPS) is 24.4. The van der Waals surface area contributed by atoms with Gasteiger partial charge in [0.05, 0.1) is 4.90 Å². The van der Waals surface area contributed by atoms with Crippen molar-refractivity contribution < 1.29 is 22.8 Å². The lowest BCUT2D eigenvalue weighted by Crippen LogP contribution is -2.51. The molecule has 1 saturated heterocycles. The summed E-state index contributed by atoms with van der Waals surface area (Å²) in [4.78, 5) is 39.1. The summed E-state index contributed by atoms with van der Waals surface area (Å²) in [6.07, 6.45) is 4.98. The maximum Gasteiger partial charge on any atom is 0.325 e. The molecule has 0 radical (unpaired) electrons. The summed E-state index contributed by atoms with van der Waals surface area (Å²) in [6.45, 7) is 6.22. The Balaban J connectivity index is 1.65. The van der Waals surface area contributed by atoms with Crippen LogP contribution in [0.2, 0.25) is 0 Å². The van der Waals surface area contributed by atoms with Crippen LogP contribution in [-0.2, 0) is 19.4 Å². The predicted molar refractivity (Wildman–Crippen MR) is 117 cm³/mol. The average molecular weight is 450 g/mol. The summed E-state index contributed by atoms with van der Waals surface area (Å²) in [5.74, 6) is -0.426. The van der Waals surface area contributed by atoms with E-state index in [0.717, 1.165) is 30.4 Å². The first-order valence-electron chi connectivity index (χ1n) is 10.6. The van der Waals surface area contributed by atoms with E-state index in [1.165, 1.54) is 18.2 Å². The van der Waals surface area contributed by atoms with Crippen molar-refractivity contribution in [3.05, 3.63) is 24.3 Å². The quantitative estimate of drug-likeness (QED) is 0.649. The molecule has 1 saturated carbocycles. The Morgan fingerprint density at radius 3 is 2.48 bits per heavy atom. The molecule has 170 valence electrons. The second-order valence-electron chi connectivity index (χ2n) is 9.37. The molecule has 1 aromatic rings. The van der Waals surface area contributed by atoms with Crippen LogP contribution in [0, 0.1) is 11.3 Å². The number of benzene rings is 1. The van der Waals surface area contributed by atoms with E-state index in [0.29, 0.717) is 18.8 Å². The van der Waals surface area contributed by atoms with Crippen LogP contribution in [-0.4, -0.2) is 49.5 Å². The van der Waals surface area contributed by atoms with Gasteiger partial charge >= 0.3 is 6.03 Å². The highest BCUT2D eigenvalue weighted by Crippen LogP contribution is 2.45.